The van der Waals surface area contributed by atoms with Crippen LogP contribution in [0.25, 0.3) is 0 Å². The van der Waals surface area contributed by atoms with E-state index < -0.39 is 4.92 Å². The maximum atomic E-state index is 10.9. The second-order valence-electron chi connectivity index (χ2n) is 4.40. The Morgan fingerprint density at radius 1 is 1.29 bits per heavy atom. The standard InChI is InChI=1S/C14H15N3O4/c1-9(15)12-5-3-11(8-16-12)21-10-4-6-14(20-2)13(7-10)17(18)19/h3-9H,15H2,1-2H3/t9-/m0/s1. The summed E-state index contributed by atoms with van der Waals surface area (Å²) < 4.78 is 10.5. The van der Waals surface area contributed by atoms with Crippen LogP contribution in [-0.2, 0) is 0 Å². The summed E-state index contributed by atoms with van der Waals surface area (Å²) in [6.45, 7) is 1.83. The Labute approximate surface area is 121 Å². The van der Waals surface area contributed by atoms with Crippen molar-refractivity contribution < 1.29 is 14.4 Å². The molecule has 0 amide bonds. The molecule has 1 heterocycles. The van der Waals surface area contributed by atoms with E-state index in [1.807, 2.05) is 6.92 Å². The second kappa shape index (κ2) is 6.19. The largest absolute Gasteiger partial charge is 0.490 e. The van der Waals surface area contributed by atoms with Gasteiger partial charge in [0.2, 0.25) is 0 Å². The number of methoxy groups -OCH3 is 1. The van der Waals surface area contributed by atoms with Crippen molar-refractivity contribution in [3.8, 4) is 17.2 Å². The Morgan fingerprint density at radius 2 is 2.00 bits per heavy atom. The molecule has 0 aliphatic rings. The fourth-order valence-corrected chi connectivity index (χ4v) is 1.73. The zero-order valence-electron chi connectivity index (χ0n) is 11.6. The molecule has 0 fully saturated rings. The average molecular weight is 289 g/mol. The molecule has 7 nitrogen and oxygen atoms in total. The van der Waals surface area contributed by atoms with E-state index in [0.29, 0.717) is 11.5 Å². The summed E-state index contributed by atoms with van der Waals surface area (Å²) in [5, 5.41) is 10.9. The van der Waals surface area contributed by atoms with Gasteiger partial charge in [-0.2, -0.15) is 0 Å². The zero-order valence-corrected chi connectivity index (χ0v) is 11.6. The van der Waals surface area contributed by atoms with Crippen LogP contribution in [0.4, 0.5) is 5.69 Å². The molecule has 2 N–H and O–H groups in total. The maximum Gasteiger partial charge on any atom is 0.314 e. The van der Waals surface area contributed by atoms with Crippen molar-refractivity contribution in [1.82, 2.24) is 4.98 Å². The van der Waals surface area contributed by atoms with E-state index in [-0.39, 0.29) is 17.5 Å². The minimum absolute atomic E-state index is 0.157. The molecular weight excluding hydrogens is 274 g/mol. The third kappa shape index (κ3) is 3.46. The van der Waals surface area contributed by atoms with Gasteiger partial charge in [0.25, 0.3) is 0 Å². The molecule has 110 valence electrons. The van der Waals surface area contributed by atoms with Gasteiger partial charge in [-0.1, -0.05) is 0 Å². The van der Waals surface area contributed by atoms with Crippen LogP contribution in [0.1, 0.15) is 18.7 Å². The molecule has 0 bridgehead atoms. The lowest BCUT2D eigenvalue weighted by Crippen LogP contribution is -2.06. The van der Waals surface area contributed by atoms with Gasteiger partial charge in [0.1, 0.15) is 11.5 Å². The molecular formula is C14H15N3O4. The summed E-state index contributed by atoms with van der Waals surface area (Å²) in [6, 6.07) is 7.67. The molecule has 0 radical (unpaired) electrons. The third-order valence-electron chi connectivity index (χ3n) is 2.81. The monoisotopic (exact) mass is 289 g/mol. The van der Waals surface area contributed by atoms with Crippen molar-refractivity contribution in [2.24, 2.45) is 5.73 Å². The summed E-state index contributed by atoms with van der Waals surface area (Å²) >= 11 is 0. The molecule has 0 aliphatic carbocycles. The lowest BCUT2D eigenvalue weighted by Gasteiger charge is -2.08. The first-order valence-corrected chi connectivity index (χ1v) is 6.23. The van der Waals surface area contributed by atoms with E-state index in [9.17, 15) is 10.1 Å². The number of nitrogens with zero attached hydrogens (tertiary/aromatic N) is 2. The van der Waals surface area contributed by atoms with E-state index in [0.717, 1.165) is 5.69 Å². The van der Waals surface area contributed by atoms with E-state index in [1.165, 1.54) is 25.4 Å². The Morgan fingerprint density at radius 3 is 2.52 bits per heavy atom. The van der Waals surface area contributed by atoms with Gasteiger partial charge in [-0.3, -0.25) is 15.1 Å². The van der Waals surface area contributed by atoms with Crippen molar-refractivity contribution in [3.05, 3.63) is 52.3 Å². The number of benzene rings is 1. The molecule has 7 heteroatoms. The van der Waals surface area contributed by atoms with E-state index in [1.54, 1.807) is 18.2 Å². The highest BCUT2D eigenvalue weighted by molar-refractivity contribution is 5.51. The van der Waals surface area contributed by atoms with Gasteiger partial charge in [-0.25, -0.2) is 0 Å². The van der Waals surface area contributed by atoms with Crippen LogP contribution in [0.2, 0.25) is 0 Å². The molecule has 2 rings (SSSR count). The predicted octanol–water partition coefficient (Wildman–Crippen LogP) is 2.81. The number of hydrogen-bond acceptors (Lipinski definition) is 6. The van der Waals surface area contributed by atoms with E-state index in [4.69, 9.17) is 15.2 Å². The molecule has 1 aromatic carbocycles. The van der Waals surface area contributed by atoms with Crippen LogP contribution < -0.4 is 15.2 Å². The van der Waals surface area contributed by atoms with Crippen LogP contribution in [0.3, 0.4) is 0 Å². The molecule has 1 atom stereocenters. The first-order valence-electron chi connectivity index (χ1n) is 6.23. The van der Waals surface area contributed by atoms with Crippen molar-refractivity contribution >= 4 is 5.69 Å². The van der Waals surface area contributed by atoms with Gasteiger partial charge in [-0.05, 0) is 31.2 Å². The highest BCUT2D eigenvalue weighted by Crippen LogP contribution is 2.32. The molecule has 1 aromatic heterocycles. The lowest BCUT2D eigenvalue weighted by molar-refractivity contribution is -0.385. The SMILES string of the molecule is COc1ccc(Oc2ccc([C@H](C)N)nc2)cc1[N+](=O)[O-]. The molecule has 0 spiro atoms. The van der Waals surface area contributed by atoms with Crippen molar-refractivity contribution in [3.63, 3.8) is 0 Å². The van der Waals surface area contributed by atoms with Crippen LogP contribution in [0, 0.1) is 10.1 Å². The number of nitrogens with two attached hydrogens (primary N) is 1. The van der Waals surface area contributed by atoms with Crippen molar-refractivity contribution in [2.75, 3.05) is 7.11 Å². The maximum absolute atomic E-state index is 10.9. The predicted molar refractivity (Wildman–Crippen MR) is 76.6 cm³/mol. The number of nitro groups is 1. The first kappa shape index (κ1) is 14.7. The number of ether oxygens (including phenoxy) is 2. The summed E-state index contributed by atoms with van der Waals surface area (Å²) in [5.74, 6) is 0.981. The van der Waals surface area contributed by atoms with Gasteiger partial charge in [0.15, 0.2) is 5.75 Å². The summed E-state index contributed by atoms with van der Waals surface area (Å²) in [5.41, 5.74) is 6.29. The number of nitro benzene ring substituents is 1. The smallest absolute Gasteiger partial charge is 0.314 e. The first-order chi connectivity index (χ1) is 10.0. The molecule has 0 saturated heterocycles. The Hall–Kier alpha value is -2.67. The molecule has 0 aliphatic heterocycles. The summed E-state index contributed by atoms with van der Waals surface area (Å²) in [7, 11) is 1.37. The third-order valence-corrected chi connectivity index (χ3v) is 2.81. The van der Waals surface area contributed by atoms with Crippen LogP contribution in [0.5, 0.6) is 17.2 Å². The lowest BCUT2D eigenvalue weighted by atomic mass is 10.2. The fraction of sp³-hybridized carbons (Fsp3) is 0.214. The fourth-order valence-electron chi connectivity index (χ4n) is 1.73. The Balaban J connectivity index is 2.23. The number of aromatic nitrogens is 1. The van der Waals surface area contributed by atoms with Crippen molar-refractivity contribution in [1.29, 1.82) is 0 Å². The quantitative estimate of drug-likeness (QED) is 0.671. The number of hydrogen-bond donors (Lipinski definition) is 1. The normalized spacial score (nSPS) is 11.8. The van der Waals surface area contributed by atoms with Crippen LogP contribution >= 0.6 is 0 Å². The van der Waals surface area contributed by atoms with E-state index in [2.05, 4.69) is 4.98 Å². The number of pyridine rings is 1. The second-order valence-corrected chi connectivity index (χ2v) is 4.40. The molecule has 0 saturated carbocycles. The Bertz CT molecular complexity index is 641. The number of rotatable bonds is 5. The Kier molecular flexibility index (Phi) is 4.34. The summed E-state index contributed by atoms with van der Waals surface area (Å²) in [6.07, 6.45) is 1.52. The highest BCUT2D eigenvalue weighted by atomic mass is 16.6. The van der Waals surface area contributed by atoms with Crippen molar-refractivity contribution in [2.45, 2.75) is 13.0 Å². The van der Waals surface area contributed by atoms with Gasteiger partial charge >= 0.3 is 5.69 Å². The molecule has 21 heavy (non-hydrogen) atoms. The minimum Gasteiger partial charge on any atom is -0.490 e. The zero-order chi connectivity index (χ0) is 15.4. The summed E-state index contributed by atoms with van der Waals surface area (Å²) in [4.78, 5) is 14.6. The van der Waals surface area contributed by atoms with E-state index >= 15 is 0 Å². The molecule has 0 unspecified atom stereocenters. The van der Waals surface area contributed by atoms with Crippen LogP contribution in [-0.4, -0.2) is 17.0 Å². The van der Waals surface area contributed by atoms with Gasteiger partial charge in [0.05, 0.1) is 30.0 Å². The highest BCUT2D eigenvalue weighted by Gasteiger charge is 2.16. The van der Waals surface area contributed by atoms with Gasteiger partial charge in [0, 0.05) is 6.04 Å². The van der Waals surface area contributed by atoms with Crippen LogP contribution in [0.15, 0.2) is 36.5 Å². The minimum atomic E-state index is -0.525. The van der Waals surface area contributed by atoms with Gasteiger partial charge < -0.3 is 15.2 Å². The van der Waals surface area contributed by atoms with Gasteiger partial charge in [-0.15, -0.1) is 0 Å². The molecule has 2 aromatic rings. The average Bonchev–Trinajstić information content (AvgIpc) is 2.47. The topological polar surface area (TPSA) is 101 Å².